The average molecular weight is 316 g/mol. The van der Waals surface area contributed by atoms with Gasteiger partial charge in [0.15, 0.2) is 0 Å². The summed E-state index contributed by atoms with van der Waals surface area (Å²) in [7, 11) is 0. The Labute approximate surface area is 118 Å². The van der Waals surface area contributed by atoms with Crippen molar-refractivity contribution in [3.8, 4) is 11.5 Å². The molecule has 0 heterocycles. The zero-order chi connectivity index (χ0) is 13.4. The van der Waals surface area contributed by atoms with Gasteiger partial charge in [-0.2, -0.15) is 0 Å². The molecule has 3 nitrogen and oxygen atoms in total. The summed E-state index contributed by atoms with van der Waals surface area (Å²) < 4.78 is 12.4. The number of anilines is 1. The quantitative estimate of drug-likeness (QED) is 0.768. The summed E-state index contributed by atoms with van der Waals surface area (Å²) in [6.07, 6.45) is 1.99. The first-order valence-electron chi connectivity index (χ1n) is 6.55. The monoisotopic (exact) mass is 315 g/mol. The minimum absolute atomic E-state index is 0.715. The fourth-order valence-electron chi connectivity index (χ4n) is 1.52. The normalized spacial score (nSPS) is 10.2. The molecule has 0 amide bonds. The van der Waals surface area contributed by atoms with Gasteiger partial charge >= 0.3 is 0 Å². The maximum absolute atomic E-state index is 5.75. The fourth-order valence-corrected chi connectivity index (χ4v) is 1.98. The summed E-state index contributed by atoms with van der Waals surface area (Å²) in [4.78, 5) is 0. The van der Waals surface area contributed by atoms with Crippen LogP contribution in [0.25, 0.3) is 0 Å². The molecule has 0 radical (unpaired) electrons. The third-order valence-corrected chi connectivity index (χ3v) is 2.94. The van der Waals surface area contributed by atoms with Gasteiger partial charge in [0, 0.05) is 12.6 Å². The van der Waals surface area contributed by atoms with Crippen LogP contribution in [0.3, 0.4) is 0 Å². The van der Waals surface area contributed by atoms with E-state index in [1.807, 2.05) is 12.1 Å². The lowest BCUT2D eigenvalue weighted by Crippen LogP contribution is -2.04. The van der Waals surface area contributed by atoms with Gasteiger partial charge in [0.1, 0.15) is 11.5 Å². The van der Waals surface area contributed by atoms with Crippen molar-refractivity contribution >= 4 is 21.6 Å². The standard InChI is InChI=1S/C14H22BrNO2/c1-4-7-17-13-10-14(18-8-5-2)12(16-6-3)9-11(13)15/h9-10,16H,4-8H2,1-3H3. The van der Waals surface area contributed by atoms with Crippen molar-refractivity contribution in [3.05, 3.63) is 16.6 Å². The van der Waals surface area contributed by atoms with E-state index in [9.17, 15) is 0 Å². The zero-order valence-corrected chi connectivity index (χ0v) is 13.0. The van der Waals surface area contributed by atoms with E-state index in [-0.39, 0.29) is 0 Å². The molecule has 1 aromatic rings. The van der Waals surface area contributed by atoms with E-state index in [4.69, 9.17) is 9.47 Å². The number of hydrogen-bond acceptors (Lipinski definition) is 3. The Morgan fingerprint density at radius 1 is 1.00 bits per heavy atom. The van der Waals surface area contributed by atoms with Crippen molar-refractivity contribution in [2.75, 3.05) is 25.1 Å². The number of rotatable bonds is 8. The molecular formula is C14H22BrNO2. The maximum atomic E-state index is 5.75. The van der Waals surface area contributed by atoms with Crippen LogP contribution in [-0.4, -0.2) is 19.8 Å². The predicted molar refractivity (Wildman–Crippen MR) is 79.9 cm³/mol. The van der Waals surface area contributed by atoms with Gasteiger partial charge in [0.05, 0.1) is 23.4 Å². The Hall–Kier alpha value is -0.900. The minimum Gasteiger partial charge on any atom is -0.492 e. The lowest BCUT2D eigenvalue weighted by atomic mass is 10.2. The first-order valence-corrected chi connectivity index (χ1v) is 7.35. The van der Waals surface area contributed by atoms with Crippen molar-refractivity contribution in [3.63, 3.8) is 0 Å². The topological polar surface area (TPSA) is 30.5 Å². The van der Waals surface area contributed by atoms with Crippen molar-refractivity contribution in [1.29, 1.82) is 0 Å². The Bertz CT molecular complexity index is 369. The summed E-state index contributed by atoms with van der Waals surface area (Å²) in [5.41, 5.74) is 1.00. The van der Waals surface area contributed by atoms with E-state index in [1.165, 1.54) is 0 Å². The van der Waals surface area contributed by atoms with Gasteiger partial charge in [-0.25, -0.2) is 0 Å². The summed E-state index contributed by atoms with van der Waals surface area (Å²) in [5, 5.41) is 3.30. The van der Waals surface area contributed by atoms with E-state index in [0.717, 1.165) is 41.0 Å². The van der Waals surface area contributed by atoms with E-state index >= 15 is 0 Å². The molecule has 1 rings (SSSR count). The molecule has 4 heteroatoms. The molecule has 0 unspecified atom stereocenters. The Morgan fingerprint density at radius 3 is 2.17 bits per heavy atom. The van der Waals surface area contributed by atoms with E-state index in [1.54, 1.807) is 0 Å². The number of hydrogen-bond donors (Lipinski definition) is 1. The molecule has 1 N–H and O–H groups in total. The molecule has 0 spiro atoms. The molecule has 0 aromatic heterocycles. The van der Waals surface area contributed by atoms with Crippen LogP contribution in [0.5, 0.6) is 11.5 Å². The molecule has 0 aliphatic heterocycles. The van der Waals surface area contributed by atoms with Crippen LogP contribution in [0.2, 0.25) is 0 Å². The second-order valence-electron chi connectivity index (χ2n) is 4.01. The second kappa shape index (κ2) is 8.25. The van der Waals surface area contributed by atoms with Gasteiger partial charge in [-0.1, -0.05) is 13.8 Å². The first kappa shape index (κ1) is 15.2. The molecule has 0 aliphatic carbocycles. The van der Waals surface area contributed by atoms with Crippen molar-refractivity contribution in [1.82, 2.24) is 0 Å². The molecule has 102 valence electrons. The first-order chi connectivity index (χ1) is 8.72. The Morgan fingerprint density at radius 2 is 1.61 bits per heavy atom. The molecule has 0 saturated carbocycles. The van der Waals surface area contributed by atoms with Crippen molar-refractivity contribution < 1.29 is 9.47 Å². The van der Waals surface area contributed by atoms with E-state index in [0.29, 0.717) is 13.2 Å². The summed E-state index contributed by atoms with van der Waals surface area (Å²) in [6, 6.07) is 3.97. The van der Waals surface area contributed by atoms with Crippen LogP contribution in [0.1, 0.15) is 33.6 Å². The average Bonchev–Trinajstić information content (AvgIpc) is 2.37. The van der Waals surface area contributed by atoms with Gasteiger partial charge in [-0.05, 0) is 41.8 Å². The summed E-state index contributed by atoms with van der Waals surface area (Å²) in [5.74, 6) is 1.69. The number of halogens is 1. The number of ether oxygens (including phenoxy) is 2. The maximum Gasteiger partial charge on any atom is 0.146 e. The number of nitrogens with one attached hydrogen (secondary N) is 1. The second-order valence-corrected chi connectivity index (χ2v) is 4.86. The van der Waals surface area contributed by atoms with Crippen LogP contribution >= 0.6 is 15.9 Å². The van der Waals surface area contributed by atoms with Gasteiger partial charge in [-0.15, -0.1) is 0 Å². The molecule has 0 fully saturated rings. The van der Waals surface area contributed by atoms with Crippen LogP contribution in [0.4, 0.5) is 5.69 Å². The zero-order valence-electron chi connectivity index (χ0n) is 11.4. The molecule has 1 aromatic carbocycles. The lowest BCUT2D eigenvalue weighted by Gasteiger charge is -2.15. The molecule has 0 atom stereocenters. The molecule has 18 heavy (non-hydrogen) atoms. The highest BCUT2D eigenvalue weighted by atomic mass is 79.9. The van der Waals surface area contributed by atoms with Crippen molar-refractivity contribution in [2.45, 2.75) is 33.6 Å². The predicted octanol–water partition coefficient (Wildman–Crippen LogP) is 4.46. The van der Waals surface area contributed by atoms with Gasteiger partial charge in [0.25, 0.3) is 0 Å². The van der Waals surface area contributed by atoms with E-state index < -0.39 is 0 Å². The Balaban J connectivity index is 2.93. The minimum atomic E-state index is 0.715. The molecule has 0 saturated heterocycles. The van der Waals surface area contributed by atoms with Gasteiger partial charge in [-0.3, -0.25) is 0 Å². The Kier molecular flexibility index (Phi) is 6.94. The van der Waals surface area contributed by atoms with Crippen LogP contribution in [0.15, 0.2) is 16.6 Å². The molecule has 0 bridgehead atoms. The smallest absolute Gasteiger partial charge is 0.146 e. The van der Waals surface area contributed by atoms with E-state index in [2.05, 4.69) is 42.0 Å². The largest absolute Gasteiger partial charge is 0.492 e. The summed E-state index contributed by atoms with van der Waals surface area (Å²) in [6.45, 7) is 8.55. The van der Waals surface area contributed by atoms with Crippen LogP contribution < -0.4 is 14.8 Å². The SMILES string of the molecule is CCCOc1cc(OCCC)c(NCC)cc1Br. The highest BCUT2D eigenvalue weighted by Crippen LogP contribution is 2.36. The highest BCUT2D eigenvalue weighted by molar-refractivity contribution is 9.10. The van der Waals surface area contributed by atoms with Gasteiger partial charge in [0.2, 0.25) is 0 Å². The fraction of sp³-hybridized carbons (Fsp3) is 0.571. The van der Waals surface area contributed by atoms with Crippen molar-refractivity contribution in [2.24, 2.45) is 0 Å². The lowest BCUT2D eigenvalue weighted by molar-refractivity contribution is 0.301. The van der Waals surface area contributed by atoms with Gasteiger partial charge < -0.3 is 14.8 Å². The number of benzene rings is 1. The molecular weight excluding hydrogens is 294 g/mol. The highest BCUT2D eigenvalue weighted by Gasteiger charge is 2.10. The van der Waals surface area contributed by atoms with Crippen LogP contribution in [-0.2, 0) is 0 Å². The summed E-state index contributed by atoms with van der Waals surface area (Å²) >= 11 is 3.53. The third kappa shape index (κ3) is 4.41. The van der Waals surface area contributed by atoms with Crippen LogP contribution in [0, 0.1) is 0 Å². The third-order valence-electron chi connectivity index (χ3n) is 2.32. The molecule has 0 aliphatic rings.